The predicted octanol–water partition coefficient (Wildman–Crippen LogP) is 5.42. The second-order valence-electron chi connectivity index (χ2n) is 8.44. The predicted molar refractivity (Wildman–Crippen MR) is 139 cm³/mol. The van der Waals surface area contributed by atoms with Gasteiger partial charge in [-0.05, 0) is 63.8 Å². The number of nitrogens with zero attached hydrogens (tertiary/aromatic N) is 1. The molecule has 1 N–H and O–H groups in total. The van der Waals surface area contributed by atoms with E-state index < -0.39 is 17.7 Å². The van der Waals surface area contributed by atoms with Gasteiger partial charge in [-0.1, -0.05) is 31.2 Å². The number of methoxy groups -OCH3 is 1. The number of rotatable bonds is 5. The molecule has 1 saturated heterocycles. The molecule has 0 radical (unpaired) electrons. The average Bonchev–Trinajstić information content (AvgIpc) is 3.18. The number of aliphatic hydroxyl groups is 1. The molecule has 1 fully saturated rings. The van der Waals surface area contributed by atoms with Gasteiger partial charge in [0.2, 0.25) is 0 Å². The minimum atomic E-state index is -0.834. The lowest BCUT2D eigenvalue weighted by Crippen LogP contribution is -2.29. The number of anilines is 1. The zero-order valence-electron chi connectivity index (χ0n) is 19.8. The first kappa shape index (κ1) is 23.9. The van der Waals surface area contributed by atoms with E-state index in [0.717, 1.165) is 12.0 Å². The fraction of sp³-hybridized carbons (Fsp3) is 0.214. The van der Waals surface area contributed by atoms with Crippen LogP contribution in [-0.4, -0.2) is 37.1 Å². The second-order valence-corrected chi connectivity index (χ2v) is 9.30. The lowest BCUT2D eigenvalue weighted by atomic mass is 9.94. The lowest BCUT2D eigenvalue weighted by molar-refractivity contribution is -0.132. The van der Waals surface area contributed by atoms with Crippen molar-refractivity contribution in [3.63, 3.8) is 0 Å². The van der Waals surface area contributed by atoms with Crippen molar-refractivity contribution in [3.05, 3.63) is 87.4 Å². The topological polar surface area (TPSA) is 85.3 Å². The van der Waals surface area contributed by atoms with Gasteiger partial charge in [-0.3, -0.25) is 14.5 Å². The number of hydrogen-bond acceptors (Lipinski definition) is 6. The van der Waals surface area contributed by atoms with Crippen molar-refractivity contribution < 1.29 is 28.9 Å². The van der Waals surface area contributed by atoms with Gasteiger partial charge in [0.05, 0.1) is 23.2 Å². The van der Waals surface area contributed by atoms with E-state index in [2.05, 4.69) is 22.9 Å². The van der Waals surface area contributed by atoms with Crippen molar-refractivity contribution >= 4 is 39.1 Å². The summed E-state index contributed by atoms with van der Waals surface area (Å²) in [5.41, 5.74) is 2.69. The van der Waals surface area contributed by atoms with Crippen LogP contribution in [-0.2, 0) is 16.0 Å². The first-order valence-corrected chi connectivity index (χ1v) is 12.4. The van der Waals surface area contributed by atoms with Crippen LogP contribution in [0.1, 0.15) is 29.7 Å². The number of aliphatic hydroxyl groups excluding tert-OH is 1. The fourth-order valence-corrected chi connectivity index (χ4v) is 5.04. The normalized spacial score (nSPS) is 18.4. The zero-order valence-corrected chi connectivity index (χ0v) is 21.4. The number of ether oxygens (including phenoxy) is 3. The Bertz CT molecular complexity index is 1380. The minimum Gasteiger partial charge on any atom is -0.507 e. The highest BCUT2D eigenvalue weighted by molar-refractivity contribution is 9.10. The van der Waals surface area contributed by atoms with Crippen molar-refractivity contribution in [1.29, 1.82) is 0 Å². The Hall–Kier alpha value is -3.78. The molecule has 1 unspecified atom stereocenters. The molecule has 1 amide bonds. The van der Waals surface area contributed by atoms with Crippen LogP contribution in [0.5, 0.6) is 17.2 Å². The molecule has 36 heavy (non-hydrogen) atoms. The Morgan fingerprint density at radius 3 is 2.42 bits per heavy atom. The SMILES string of the molecule is CCc1ccc(C2/C(=C(\O)c3ccc(OC)c(Br)c3)C(=O)C(=O)N2c2ccc3c(c2)OCCO3)cc1. The number of aryl methyl sites for hydroxylation is 1. The van der Waals surface area contributed by atoms with E-state index in [4.69, 9.17) is 14.2 Å². The molecule has 7 nitrogen and oxygen atoms in total. The first-order chi connectivity index (χ1) is 17.4. The van der Waals surface area contributed by atoms with E-state index in [0.29, 0.717) is 51.7 Å². The summed E-state index contributed by atoms with van der Waals surface area (Å²) in [7, 11) is 1.54. The molecule has 0 aromatic heterocycles. The third kappa shape index (κ3) is 4.11. The average molecular weight is 550 g/mol. The van der Waals surface area contributed by atoms with E-state index in [1.807, 2.05) is 24.3 Å². The largest absolute Gasteiger partial charge is 0.507 e. The molecule has 2 aliphatic rings. The van der Waals surface area contributed by atoms with Gasteiger partial charge in [0.25, 0.3) is 11.7 Å². The Kier molecular flexibility index (Phi) is 6.45. The summed E-state index contributed by atoms with van der Waals surface area (Å²) in [5.74, 6) is -0.103. The van der Waals surface area contributed by atoms with E-state index in [1.54, 1.807) is 43.5 Å². The highest BCUT2D eigenvalue weighted by atomic mass is 79.9. The van der Waals surface area contributed by atoms with Crippen LogP contribution in [0.3, 0.4) is 0 Å². The van der Waals surface area contributed by atoms with Crippen LogP contribution in [0.4, 0.5) is 5.69 Å². The molecule has 0 bridgehead atoms. The van der Waals surface area contributed by atoms with Crippen molar-refractivity contribution in [2.24, 2.45) is 0 Å². The molecule has 3 aromatic rings. The molecule has 0 aliphatic carbocycles. The summed E-state index contributed by atoms with van der Waals surface area (Å²) in [5, 5.41) is 11.4. The zero-order chi connectivity index (χ0) is 25.4. The van der Waals surface area contributed by atoms with Gasteiger partial charge in [0.1, 0.15) is 24.7 Å². The number of carbonyl (C=O) groups excluding carboxylic acids is 2. The summed E-state index contributed by atoms with van der Waals surface area (Å²) in [4.78, 5) is 28.2. The Labute approximate surface area is 217 Å². The summed E-state index contributed by atoms with van der Waals surface area (Å²) >= 11 is 3.42. The van der Waals surface area contributed by atoms with Gasteiger partial charge in [-0.2, -0.15) is 0 Å². The number of fused-ring (bicyclic) bond motifs is 1. The number of carbonyl (C=O) groups is 2. The molecular formula is C28H24BrNO6. The second kappa shape index (κ2) is 9.70. The van der Waals surface area contributed by atoms with Crippen molar-refractivity contribution in [1.82, 2.24) is 0 Å². The van der Waals surface area contributed by atoms with E-state index >= 15 is 0 Å². The fourth-order valence-electron chi connectivity index (χ4n) is 4.50. The number of halogens is 1. The van der Waals surface area contributed by atoms with Gasteiger partial charge in [-0.15, -0.1) is 0 Å². The minimum absolute atomic E-state index is 0.0104. The monoisotopic (exact) mass is 549 g/mol. The van der Waals surface area contributed by atoms with Gasteiger partial charge in [0, 0.05) is 17.3 Å². The molecule has 3 aromatic carbocycles. The summed E-state index contributed by atoms with van der Waals surface area (Å²) in [6.07, 6.45) is 0.850. The molecule has 2 aliphatic heterocycles. The Balaban J connectivity index is 1.68. The quantitative estimate of drug-likeness (QED) is 0.260. The molecule has 1 atom stereocenters. The molecule has 0 saturated carbocycles. The molecule has 8 heteroatoms. The van der Waals surface area contributed by atoms with E-state index in [1.165, 1.54) is 4.90 Å². The Morgan fingerprint density at radius 2 is 1.75 bits per heavy atom. The third-order valence-corrected chi connectivity index (χ3v) is 7.00. The van der Waals surface area contributed by atoms with Crippen molar-refractivity contribution in [2.75, 3.05) is 25.2 Å². The molecule has 2 heterocycles. The molecular weight excluding hydrogens is 526 g/mol. The maximum atomic E-state index is 13.4. The van der Waals surface area contributed by atoms with Gasteiger partial charge in [0.15, 0.2) is 11.5 Å². The maximum Gasteiger partial charge on any atom is 0.300 e. The summed E-state index contributed by atoms with van der Waals surface area (Å²) < 4.78 is 17.2. The van der Waals surface area contributed by atoms with Crippen LogP contribution >= 0.6 is 15.9 Å². The molecule has 0 spiro atoms. The number of hydrogen-bond donors (Lipinski definition) is 1. The van der Waals surface area contributed by atoms with Crippen molar-refractivity contribution in [3.8, 4) is 17.2 Å². The maximum absolute atomic E-state index is 13.4. The summed E-state index contributed by atoms with van der Waals surface area (Å²) in [6.45, 7) is 2.89. The highest BCUT2D eigenvalue weighted by Gasteiger charge is 2.47. The molecule has 184 valence electrons. The number of Topliss-reactive ketones (excluding diaryl/α,β-unsaturated/α-hetero) is 1. The van der Waals surface area contributed by atoms with Crippen LogP contribution < -0.4 is 19.1 Å². The van der Waals surface area contributed by atoms with E-state index in [-0.39, 0.29) is 11.3 Å². The smallest absolute Gasteiger partial charge is 0.300 e. The molecule has 5 rings (SSSR count). The van der Waals surface area contributed by atoms with Crippen molar-refractivity contribution in [2.45, 2.75) is 19.4 Å². The Morgan fingerprint density at radius 1 is 1.03 bits per heavy atom. The summed E-state index contributed by atoms with van der Waals surface area (Å²) in [6, 6.07) is 17.0. The van der Waals surface area contributed by atoms with E-state index in [9.17, 15) is 14.7 Å². The lowest BCUT2D eigenvalue weighted by Gasteiger charge is -2.27. The van der Waals surface area contributed by atoms with Gasteiger partial charge in [-0.25, -0.2) is 0 Å². The van der Waals surface area contributed by atoms with Crippen LogP contribution in [0.2, 0.25) is 0 Å². The van der Waals surface area contributed by atoms with Gasteiger partial charge < -0.3 is 19.3 Å². The van der Waals surface area contributed by atoms with Crippen LogP contribution in [0, 0.1) is 0 Å². The highest BCUT2D eigenvalue weighted by Crippen LogP contribution is 2.45. The first-order valence-electron chi connectivity index (χ1n) is 11.6. The van der Waals surface area contributed by atoms with Gasteiger partial charge >= 0.3 is 0 Å². The number of amides is 1. The standard InChI is InChI=1S/C28H24BrNO6/c1-3-16-4-6-17(7-5-16)25-24(26(31)18-8-10-21(34-2)20(29)14-18)27(32)28(33)30(25)19-9-11-22-23(15-19)36-13-12-35-22/h4-11,14-15,25,31H,3,12-13H2,1-2H3/b26-24+. The van der Waals surface area contributed by atoms with Crippen LogP contribution in [0.25, 0.3) is 5.76 Å². The third-order valence-electron chi connectivity index (χ3n) is 6.38. The number of benzene rings is 3. The van der Waals surface area contributed by atoms with Crippen LogP contribution in [0.15, 0.2) is 70.7 Å². The number of ketones is 1.